The van der Waals surface area contributed by atoms with Crippen LogP contribution in [0.25, 0.3) is 22.0 Å². The third-order valence-corrected chi connectivity index (χ3v) is 6.20. The van der Waals surface area contributed by atoms with E-state index in [0.717, 1.165) is 32.3 Å². The number of aromatic nitrogens is 1. The first kappa shape index (κ1) is 18.3. The molecule has 1 aromatic heterocycles. The van der Waals surface area contributed by atoms with Crippen molar-refractivity contribution in [1.82, 2.24) is 4.98 Å². The standard InChI is InChI=1S/C25H31NO/c1-5-13-25(6-2)24-20(12-14-27-25)22-16-19(17(3)4)15-21(23(22)26-24)18-10-8-7-9-11-18/h7-11,15-17,26H,5-6,12-14H2,1-4H3. The maximum absolute atomic E-state index is 6.40. The van der Waals surface area contributed by atoms with Crippen LogP contribution >= 0.6 is 0 Å². The fourth-order valence-electron chi connectivity index (χ4n) is 4.68. The number of benzene rings is 2. The molecule has 2 heteroatoms. The highest BCUT2D eigenvalue weighted by atomic mass is 16.5. The highest BCUT2D eigenvalue weighted by Gasteiger charge is 2.38. The van der Waals surface area contributed by atoms with Crippen LogP contribution in [0.2, 0.25) is 0 Å². The molecule has 1 aliphatic rings. The molecule has 0 radical (unpaired) electrons. The van der Waals surface area contributed by atoms with E-state index in [2.05, 4.69) is 75.1 Å². The van der Waals surface area contributed by atoms with Crippen LogP contribution in [0, 0.1) is 0 Å². The van der Waals surface area contributed by atoms with E-state index in [-0.39, 0.29) is 5.60 Å². The van der Waals surface area contributed by atoms with Crippen LogP contribution in [-0.4, -0.2) is 11.6 Å². The molecule has 1 atom stereocenters. The Hall–Kier alpha value is -2.06. The minimum atomic E-state index is -0.159. The Morgan fingerprint density at radius 2 is 1.89 bits per heavy atom. The fourth-order valence-corrected chi connectivity index (χ4v) is 4.68. The first-order valence-electron chi connectivity index (χ1n) is 10.5. The lowest BCUT2D eigenvalue weighted by molar-refractivity contribution is -0.0723. The monoisotopic (exact) mass is 361 g/mol. The summed E-state index contributed by atoms with van der Waals surface area (Å²) in [4.78, 5) is 3.85. The number of hydrogen-bond donors (Lipinski definition) is 1. The minimum absolute atomic E-state index is 0.159. The highest BCUT2D eigenvalue weighted by molar-refractivity contribution is 5.98. The summed E-state index contributed by atoms with van der Waals surface area (Å²) in [5.41, 5.74) is 7.92. The lowest BCUT2D eigenvalue weighted by Gasteiger charge is -2.36. The minimum Gasteiger partial charge on any atom is -0.368 e. The predicted molar refractivity (Wildman–Crippen MR) is 114 cm³/mol. The van der Waals surface area contributed by atoms with Gasteiger partial charge in [0.1, 0.15) is 5.60 Å². The number of aromatic amines is 1. The molecule has 27 heavy (non-hydrogen) atoms. The van der Waals surface area contributed by atoms with Gasteiger partial charge in [0.15, 0.2) is 0 Å². The molecule has 0 aliphatic carbocycles. The van der Waals surface area contributed by atoms with Crippen LogP contribution in [0.15, 0.2) is 42.5 Å². The van der Waals surface area contributed by atoms with Gasteiger partial charge >= 0.3 is 0 Å². The summed E-state index contributed by atoms with van der Waals surface area (Å²) in [6.45, 7) is 9.90. The second-order valence-corrected chi connectivity index (χ2v) is 8.19. The molecule has 142 valence electrons. The topological polar surface area (TPSA) is 25.0 Å². The molecule has 2 aromatic carbocycles. The van der Waals surface area contributed by atoms with E-state index in [1.54, 1.807) is 0 Å². The molecular weight excluding hydrogens is 330 g/mol. The van der Waals surface area contributed by atoms with E-state index in [0.29, 0.717) is 5.92 Å². The molecule has 0 spiro atoms. The summed E-state index contributed by atoms with van der Waals surface area (Å²) in [5.74, 6) is 0.508. The van der Waals surface area contributed by atoms with E-state index in [1.807, 2.05) is 0 Å². The molecule has 0 amide bonds. The molecule has 1 N–H and O–H groups in total. The Balaban J connectivity index is 2.02. The van der Waals surface area contributed by atoms with E-state index in [1.165, 1.54) is 38.9 Å². The Kier molecular flexibility index (Phi) is 4.86. The fraction of sp³-hybridized carbons (Fsp3) is 0.440. The van der Waals surface area contributed by atoms with Crippen molar-refractivity contribution in [3.8, 4) is 11.1 Å². The third kappa shape index (κ3) is 3.00. The summed E-state index contributed by atoms with van der Waals surface area (Å²) in [5, 5.41) is 1.40. The van der Waals surface area contributed by atoms with E-state index >= 15 is 0 Å². The molecule has 4 rings (SSSR count). The maximum atomic E-state index is 6.40. The second-order valence-electron chi connectivity index (χ2n) is 8.19. The Morgan fingerprint density at radius 1 is 1.11 bits per heavy atom. The molecule has 1 aliphatic heterocycles. The number of ether oxygens (including phenoxy) is 1. The van der Waals surface area contributed by atoms with Crippen LogP contribution in [-0.2, 0) is 16.8 Å². The molecule has 2 heterocycles. The van der Waals surface area contributed by atoms with Crippen LogP contribution in [0.3, 0.4) is 0 Å². The van der Waals surface area contributed by atoms with Crippen molar-refractivity contribution in [2.24, 2.45) is 0 Å². The predicted octanol–water partition coefficient (Wildman–Crippen LogP) is 6.94. The largest absolute Gasteiger partial charge is 0.368 e. The van der Waals surface area contributed by atoms with Gasteiger partial charge in [-0.1, -0.05) is 64.4 Å². The van der Waals surface area contributed by atoms with E-state index in [4.69, 9.17) is 4.74 Å². The molecule has 0 saturated heterocycles. The van der Waals surface area contributed by atoms with Crippen LogP contribution in [0.5, 0.6) is 0 Å². The van der Waals surface area contributed by atoms with E-state index < -0.39 is 0 Å². The number of hydrogen-bond acceptors (Lipinski definition) is 1. The number of fused-ring (bicyclic) bond motifs is 3. The van der Waals surface area contributed by atoms with Gasteiger partial charge in [0, 0.05) is 10.9 Å². The summed E-state index contributed by atoms with van der Waals surface area (Å²) >= 11 is 0. The Labute approximate surface area is 163 Å². The first-order chi connectivity index (χ1) is 13.1. The van der Waals surface area contributed by atoms with Gasteiger partial charge in [-0.15, -0.1) is 0 Å². The number of nitrogens with one attached hydrogen (secondary N) is 1. The summed E-state index contributed by atoms with van der Waals surface area (Å²) in [6, 6.07) is 15.6. The van der Waals surface area contributed by atoms with E-state index in [9.17, 15) is 0 Å². The highest BCUT2D eigenvalue weighted by Crippen LogP contribution is 2.44. The molecule has 2 nitrogen and oxygen atoms in total. The zero-order valence-corrected chi connectivity index (χ0v) is 17.1. The molecule has 1 unspecified atom stereocenters. The summed E-state index contributed by atoms with van der Waals surface area (Å²) in [7, 11) is 0. The van der Waals surface area contributed by atoms with Gasteiger partial charge in [-0.25, -0.2) is 0 Å². The molecule has 0 fully saturated rings. The van der Waals surface area contributed by atoms with Crippen LogP contribution in [0.1, 0.15) is 69.7 Å². The SMILES string of the molecule is CCCC1(CC)OCCc2c1[nH]c1c(-c3ccccc3)cc(C(C)C)cc21. The Morgan fingerprint density at radius 3 is 2.56 bits per heavy atom. The van der Waals surface area contributed by atoms with Crippen molar-refractivity contribution < 1.29 is 4.74 Å². The summed E-state index contributed by atoms with van der Waals surface area (Å²) in [6.07, 6.45) is 4.21. The molecule has 0 bridgehead atoms. The lowest BCUT2D eigenvalue weighted by Crippen LogP contribution is -2.35. The van der Waals surface area contributed by atoms with Crippen LogP contribution < -0.4 is 0 Å². The zero-order valence-electron chi connectivity index (χ0n) is 17.1. The van der Waals surface area contributed by atoms with Crippen molar-refractivity contribution in [3.05, 3.63) is 59.3 Å². The smallest absolute Gasteiger partial charge is 0.108 e. The van der Waals surface area contributed by atoms with Gasteiger partial charge in [-0.3, -0.25) is 0 Å². The number of H-pyrrole nitrogens is 1. The molecule has 0 saturated carbocycles. The van der Waals surface area contributed by atoms with Crippen molar-refractivity contribution >= 4 is 10.9 Å². The van der Waals surface area contributed by atoms with Gasteiger partial charge in [-0.05, 0) is 54.0 Å². The van der Waals surface area contributed by atoms with Gasteiger partial charge in [0.25, 0.3) is 0 Å². The second kappa shape index (κ2) is 7.16. The first-order valence-corrected chi connectivity index (χ1v) is 10.5. The van der Waals surface area contributed by atoms with Gasteiger partial charge < -0.3 is 9.72 Å². The van der Waals surface area contributed by atoms with Gasteiger partial charge in [0.05, 0.1) is 17.8 Å². The van der Waals surface area contributed by atoms with Crippen molar-refractivity contribution in [1.29, 1.82) is 0 Å². The van der Waals surface area contributed by atoms with Crippen molar-refractivity contribution in [2.45, 2.75) is 64.9 Å². The summed E-state index contributed by atoms with van der Waals surface area (Å²) < 4.78 is 6.40. The quantitative estimate of drug-likeness (QED) is 0.523. The average molecular weight is 362 g/mol. The number of rotatable bonds is 5. The van der Waals surface area contributed by atoms with Gasteiger partial charge in [0.2, 0.25) is 0 Å². The van der Waals surface area contributed by atoms with Crippen LogP contribution in [0.4, 0.5) is 0 Å². The Bertz CT molecular complexity index is 938. The maximum Gasteiger partial charge on any atom is 0.108 e. The zero-order chi connectivity index (χ0) is 19.0. The van der Waals surface area contributed by atoms with Crippen molar-refractivity contribution in [3.63, 3.8) is 0 Å². The van der Waals surface area contributed by atoms with Gasteiger partial charge in [-0.2, -0.15) is 0 Å². The molecule has 3 aromatic rings. The van der Waals surface area contributed by atoms with Crippen molar-refractivity contribution in [2.75, 3.05) is 6.61 Å². The lowest BCUT2D eigenvalue weighted by atomic mass is 9.85. The molecular formula is C25H31NO. The average Bonchev–Trinajstić information content (AvgIpc) is 3.08. The third-order valence-electron chi connectivity index (χ3n) is 6.20. The normalized spacial score (nSPS) is 19.6.